The minimum atomic E-state index is 0.630. The molecule has 0 unspecified atom stereocenters. The Balaban J connectivity index is 0.000000224. The van der Waals surface area contributed by atoms with Crippen molar-refractivity contribution in [2.75, 3.05) is 6.61 Å². The molecule has 98 valence electrons. The van der Waals surface area contributed by atoms with Crippen LogP contribution >= 0.6 is 0 Å². The van der Waals surface area contributed by atoms with E-state index in [2.05, 4.69) is 12.1 Å². The van der Waals surface area contributed by atoms with Crippen molar-refractivity contribution in [1.82, 2.24) is 0 Å². The monoisotopic (exact) mass is 254 g/mol. The lowest BCUT2D eigenvalue weighted by Gasteiger charge is -2.05. The Bertz CT molecular complexity index is 432. The van der Waals surface area contributed by atoms with Crippen LogP contribution in [0.2, 0.25) is 0 Å². The van der Waals surface area contributed by atoms with E-state index in [1.54, 1.807) is 6.26 Å². The van der Waals surface area contributed by atoms with Crippen LogP contribution in [0.15, 0.2) is 73.0 Å². The minimum Gasteiger partial charge on any atom is -0.501 e. The van der Waals surface area contributed by atoms with Gasteiger partial charge in [0.05, 0.1) is 12.9 Å². The molecule has 0 radical (unpaired) electrons. The van der Waals surface area contributed by atoms with E-state index in [4.69, 9.17) is 9.47 Å². The van der Waals surface area contributed by atoms with Gasteiger partial charge in [0, 0.05) is 6.42 Å². The van der Waals surface area contributed by atoms with Crippen molar-refractivity contribution in [3.8, 4) is 5.75 Å². The van der Waals surface area contributed by atoms with Crippen LogP contribution < -0.4 is 4.74 Å². The molecule has 2 nitrogen and oxygen atoms in total. The number of hydrogen-bond donors (Lipinski definition) is 0. The highest BCUT2D eigenvalue weighted by Crippen LogP contribution is 2.11. The Hall–Kier alpha value is -2.22. The molecular formula is C17H18O2. The van der Waals surface area contributed by atoms with Gasteiger partial charge in [-0.15, -0.1) is 0 Å². The summed E-state index contributed by atoms with van der Waals surface area (Å²) in [5.74, 6) is 0.913. The first kappa shape index (κ1) is 13.2. The maximum Gasteiger partial charge on any atom is 0.119 e. The second kappa shape index (κ2) is 7.98. The van der Waals surface area contributed by atoms with Crippen molar-refractivity contribution in [3.63, 3.8) is 0 Å². The number of ether oxygens (including phenoxy) is 2. The van der Waals surface area contributed by atoms with Crippen molar-refractivity contribution < 1.29 is 9.47 Å². The zero-order chi connectivity index (χ0) is 13.2. The molecule has 0 amide bonds. The van der Waals surface area contributed by atoms with Crippen LogP contribution in [0, 0.1) is 0 Å². The molecule has 0 aromatic heterocycles. The first-order chi connectivity index (χ1) is 9.45. The molecule has 0 saturated carbocycles. The summed E-state index contributed by atoms with van der Waals surface area (Å²) >= 11 is 0. The molecule has 1 heterocycles. The second-order valence-electron chi connectivity index (χ2n) is 4.12. The van der Waals surface area contributed by atoms with E-state index in [1.165, 1.54) is 5.56 Å². The van der Waals surface area contributed by atoms with Gasteiger partial charge in [-0.25, -0.2) is 0 Å². The van der Waals surface area contributed by atoms with Crippen molar-refractivity contribution in [3.05, 3.63) is 78.6 Å². The lowest BCUT2D eigenvalue weighted by molar-refractivity contribution is 0.281. The van der Waals surface area contributed by atoms with Gasteiger partial charge in [0.2, 0.25) is 0 Å². The number of benzene rings is 2. The second-order valence-corrected chi connectivity index (χ2v) is 4.12. The van der Waals surface area contributed by atoms with Crippen LogP contribution in [0.3, 0.4) is 0 Å². The van der Waals surface area contributed by atoms with E-state index in [1.807, 2.05) is 54.6 Å². The van der Waals surface area contributed by atoms with Gasteiger partial charge in [0.25, 0.3) is 0 Å². The summed E-state index contributed by atoms with van der Waals surface area (Å²) in [6.45, 7) is 1.52. The lowest BCUT2D eigenvalue weighted by atomic mass is 10.2. The van der Waals surface area contributed by atoms with E-state index in [9.17, 15) is 0 Å². The third kappa shape index (κ3) is 5.30. The molecule has 0 saturated heterocycles. The predicted molar refractivity (Wildman–Crippen MR) is 76.9 cm³/mol. The number of para-hydroxylation sites is 1. The van der Waals surface area contributed by atoms with Gasteiger partial charge in [0.15, 0.2) is 0 Å². The van der Waals surface area contributed by atoms with Gasteiger partial charge >= 0.3 is 0 Å². The molecule has 0 aliphatic carbocycles. The summed E-state index contributed by atoms with van der Waals surface area (Å²) < 4.78 is 10.4. The zero-order valence-corrected chi connectivity index (χ0v) is 10.9. The molecule has 2 aromatic rings. The van der Waals surface area contributed by atoms with E-state index < -0.39 is 0 Å². The fraction of sp³-hybridized carbons (Fsp3) is 0.176. The molecule has 0 atom stereocenters. The van der Waals surface area contributed by atoms with Gasteiger partial charge in [-0.1, -0.05) is 48.5 Å². The Morgan fingerprint density at radius 1 is 0.895 bits per heavy atom. The van der Waals surface area contributed by atoms with E-state index >= 15 is 0 Å². The largest absolute Gasteiger partial charge is 0.501 e. The molecule has 0 spiro atoms. The molecule has 2 heteroatoms. The Labute approximate surface area is 114 Å². The third-order valence-electron chi connectivity index (χ3n) is 2.59. The zero-order valence-electron chi connectivity index (χ0n) is 10.9. The van der Waals surface area contributed by atoms with Crippen LogP contribution in [0.5, 0.6) is 5.75 Å². The maximum absolute atomic E-state index is 5.59. The predicted octanol–water partition coefficient (Wildman–Crippen LogP) is 4.19. The topological polar surface area (TPSA) is 18.5 Å². The third-order valence-corrected chi connectivity index (χ3v) is 2.59. The summed E-state index contributed by atoms with van der Waals surface area (Å²) in [6.07, 6.45) is 4.85. The highest BCUT2D eigenvalue weighted by molar-refractivity contribution is 5.22. The number of rotatable bonds is 3. The summed E-state index contributed by atoms with van der Waals surface area (Å²) in [7, 11) is 0. The summed E-state index contributed by atoms with van der Waals surface area (Å²) in [5, 5.41) is 0. The van der Waals surface area contributed by atoms with Gasteiger partial charge in [0.1, 0.15) is 12.4 Å². The van der Waals surface area contributed by atoms with Crippen molar-refractivity contribution in [2.45, 2.75) is 13.0 Å². The van der Waals surface area contributed by atoms with E-state index in [0.717, 1.165) is 18.8 Å². The quantitative estimate of drug-likeness (QED) is 0.817. The smallest absolute Gasteiger partial charge is 0.119 e. The van der Waals surface area contributed by atoms with Crippen LogP contribution in [0.1, 0.15) is 12.0 Å². The highest BCUT2D eigenvalue weighted by atomic mass is 16.5. The Morgan fingerprint density at radius 3 is 2.11 bits per heavy atom. The van der Waals surface area contributed by atoms with Crippen LogP contribution in [0.4, 0.5) is 0 Å². The van der Waals surface area contributed by atoms with Crippen molar-refractivity contribution >= 4 is 0 Å². The average Bonchev–Trinajstić information content (AvgIpc) is 3.07. The highest BCUT2D eigenvalue weighted by Gasteiger charge is 1.92. The van der Waals surface area contributed by atoms with Crippen LogP contribution in [-0.4, -0.2) is 6.61 Å². The van der Waals surface area contributed by atoms with E-state index in [0.29, 0.717) is 6.61 Å². The summed E-state index contributed by atoms with van der Waals surface area (Å²) in [6, 6.07) is 20.0. The summed E-state index contributed by atoms with van der Waals surface area (Å²) in [4.78, 5) is 0. The molecule has 0 bridgehead atoms. The Kier molecular flexibility index (Phi) is 5.55. The van der Waals surface area contributed by atoms with Crippen LogP contribution in [0.25, 0.3) is 0 Å². The van der Waals surface area contributed by atoms with Gasteiger partial charge in [-0.3, -0.25) is 0 Å². The molecule has 0 fully saturated rings. The molecule has 19 heavy (non-hydrogen) atoms. The summed E-state index contributed by atoms with van der Waals surface area (Å²) in [5.41, 5.74) is 1.19. The first-order valence-electron chi connectivity index (χ1n) is 6.43. The molecule has 3 rings (SSSR count). The van der Waals surface area contributed by atoms with Crippen molar-refractivity contribution in [2.24, 2.45) is 0 Å². The molecule has 1 aliphatic heterocycles. The van der Waals surface area contributed by atoms with Gasteiger partial charge < -0.3 is 9.47 Å². The normalized spacial score (nSPS) is 12.2. The molecule has 2 aromatic carbocycles. The first-order valence-corrected chi connectivity index (χ1v) is 6.43. The fourth-order valence-corrected chi connectivity index (χ4v) is 1.60. The molecule has 0 N–H and O–H groups in total. The molecular weight excluding hydrogens is 236 g/mol. The lowest BCUT2D eigenvalue weighted by Crippen LogP contribution is -1.94. The molecule has 1 aliphatic rings. The maximum atomic E-state index is 5.59. The number of hydrogen-bond acceptors (Lipinski definition) is 2. The minimum absolute atomic E-state index is 0.630. The van der Waals surface area contributed by atoms with Crippen molar-refractivity contribution in [1.29, 1.82) is 0 Å². The standard InChI is InChI=1S/C13H12O.C4H6O/c1-3-7-12(8-4-1)11-14-13-9-5-2-6-10-13;1-2-4-5-3-1/h1-10H,11H2;1,3H,2,4H2. The van der Waals surface area contributed by atoms with Gasteiger partial charge in [-0.2, -0.15) is 0 Å². The van der Waals surface area contributed by atoms with Crippen LogP contribution in [-0.2, 0) is 11.3 Å². The fourth-order valence-electron chi connectivity index (χ4n) is 1.60. The average molecular weight is 254 g/mol. The van der Waals surface area contributed by atoms with E-state index in [-0.39, 0.29) is 0 Å². The van der Waals surface area contributed by atoms with Gasteiger partial charge in [-0.05, 0) is 23.8 Å². The SMILES string of the molecule is C1=COCC1.c1ccc(COc2ccccc2)cc1. The Morgan fingerprint density at radius 2 is 1.58 bits per heavy atom.